The van der Waals surface area contributed by atoms with Crippen LogP contribution in [0.1, 0.15) is 34.5 Å². The Morgan fingerprint density at radius 3 is 3.05 bits per heavy atom. The number of nitrogens with zero attached hydrogens (tertiary/aromatic N) is 2. The van der Waals surface area contributed by atoms with Gasteiger partial charge in [-0.15, -0.1) is 11.3 Å². The molecule has 4 heteroatoms. The second-order valence-corrected chi connectivity index (χ2v) is 5.67. The maximum atomic E-state index is 9.21. The second-order valence-electron chi connectivity index (χ2n) is 4.63. The second kappa shape index (κ2) is 5.41. The molecule has 2 heterocycles. The van der Waals surface area contributed by atoms with E-state index in [9.17, 15) is 5.26 Å². The van der Waals surface area contributed by atoms with E-state index in [-0.39, 0.29) is 0 Å². The summed E-state index contributed by atoms with van der Waals surface area (Å²) in [5.41, 5.74) is 2.87. The van der Waals surface area contributed by atoms with Crippen molar-refractivity contribution in [3.8, 4) is 11.9 Å². The van der Waals surface area contributed by atoms with E-state index >= 15 is 0 Å². The Morgan fingerprint density at radius 2 is 2.26 bits per heavy atom. The van der Waals surface area contributed by atoms with Crippen LogP contribution >= 0.6 is 11.3 Å². The highest BCUT2D eigenvalue weighted by atomic mass is 32.1. The molecular weight excluding hydrogens is 256 g/mol. The maximum absolute atomic E-state index is 9.21. The lowest BCUT2D eigenvalue weighted by Crippen LogP contribution is -2.08. The molecule has 0 saturated heterocycles. The van der Waals surface area contributed by atoms with Crippen molar-refractivity contribution in [1.29, 1.82) is 5.26 Å². The number of hydrogen-bond donors (Lipinski definition) is 0. The zero-order valence-corrected chi connectivity index (χ0v) is 11.4. The van der Waals surface area contributed by atoms with E-state index < -0.39 is 0 Å². The van der Waals surface area contributed by atoms with Crippen molar-refractivity contribution in [1.82, 2.24) is 4.98 Å². The number of fused-ring (bicyclic) bond motifs is 1. The first-order valence-corrected chi connectivity index (χ1v) is 7.33. The number of ether oxygens (including phenoxy) is 1. The van der Waals surface area contributed by atoms with Crippen LogP contribution in [0.2, 0.25) is 0 Å². The number of aromatic nitrogens is 1. The summed E-state index contributed by atoms with van der Waals surface area (Å²) in [6, 6.07) is 8.16. The van der Waals surface area contributed by atoms with E-state index in [0.717, 1.165) is 23.4 Å². The first kappa shape index (κ1) is 12.2. The molecule has 2 aromatic rings. The highest BCUT2D eigenvalue weighted by Gasteiger charge is 2.16. The van der Waals surface area contributed by atoms with Crippen molar-refractivity contribution in [2.75, 3.05) is 0 Å². The van der Waals surface area contributed by atoms with Crippen LogP contribution in [0.15, 0.2) is 23.6 Å². The zero-order valence-electron chi connectivity index (χ0n) is 10.6. The molecule has 0 aliphatic heterocycles. The topological polar surface area (TPSA) is 45.9 Å². The zero-order chi connectivity index (χ0) is 13.1. The Bertz CT molecular complexity index is 614. The van der Waals surface area contributed by atoms with E-state index in [1.54, 1.807) is 11.3 Å². The average Bonchev–Trinajstić information content (AvgIpc) is 2.97. The van der Waals surface area contributed by atoms with Gasteiger partial charge < -0.3 is 4.74 Å². The average molecular weight is 270 g/mol. The predicted molar refractivity (Wildman–Crippen MR) is 74.2 cm³/mol. The molecular formula is C15H14N2OS. The van der Waals surface area contributed by atoms with Gasteiger partial charge in [-0.1, -0.05) is 6.07 Å². The molecule has 0 fully saturated rings. The highest BCUT2D eigenvalue weighted by Crippen LogP contribution is 2.26. The van der Waals surface area contributed by atoms with Crippen LogP contribution in [0.5, 0.6) is 5.88 Å². The van der Waals surface area contributed by atoms with Gasteiger partial charge >= 0.3 is 0 Å². The van der Waals surface area contributed by atoms with Crippen LogP contribution in [0.4, 0.5) is 0 Å². The van der Waals surface area contributed by atoms with Crippen LogP contribution in [-0.2, 0) is 19.4 Å². The standard InChI is InChI=1S/C15H14N2OS/c16-9-12-8-11-4-1-2-6-14(11)17-15(12)18-10-13-5-3-7-19-13/h3,5,7-8H,1-2,4,6,10H2. The summed E-state index contributed by atoms with van der Waals surface area (Å²) in [6.07, 6.45) is 4.39. The van der Waals surface area contributed by atoms with Gasteiger partial charge in [0.15, 0.2) is 0 Å². The maximum Gasteiger partial charge on any atom is 0.232 e. The number of nitriles is 1. The van der Waals surface area contributed by atoms with Gasteiger partial charge in [0.2, 0.25) is 5.88 Å². The lowest BCUT2D eigenvalue weighted by atomic mass is 9.95. The van der Waals surface area contributed by atoms with Crippen molar-refractivity contribution in [3.63, 3.8) is 0 Å². The molecule has 1 aliphatic rings. The summed E-state index contributed by atoms with van der Waals surface area (Å²) < 4.78 is 5.72. The molecule has 3 rings (SSSR count). The van der Waals surface area contributed by atoms with Gasteiger partial charge in [-0.2, -0.15) is 5.26 Å². The Kier molecular flexibility index (Phi) is 3.47. The summed E-state index contributed by atoms with van der Waals surface area (Å²) in [6.45, 7) is 0.484. The van der Waals surface area contributed by atoms with Crippen LogP contribution < -0.4 is 4.74 Å². The quantitative estimate of drug-likeness (QED) is 0.858. The largest absolute Gasteiger partial charge is 0.471 e. The van der Waals surface area contributed by atoms with Gasteiger partial charge in [0, 0.05) is 10.6 Å². The summed E-state index contributed by atoms with van der Waals surface area (Å²) in [5.74, 6) is 0.483. The lowest BCUT2D eigenvalue weighted by Gasteiger charge is -2.16. The van der Waals surface area contributed by atoms with E-state index in [2.05, 4.69) is 11.1 Å². The van der Waals surface area contributed by atoms with Crippen molar-refractivity contribution in [2.24, 2.45) is 0 Å². The molecule has 0 atom stereocenters. The summed E-state index contributed by atoms with van der Waals surface area (Å²) in [7, 11) is 0. The number of aryl methyl sites for hydroxylation is 2. The fourth-order valence-electron chi connectivity index (χ4n) is 2.34. The van der Waals surface area contributed by atoms with Crippen molar-refractivity contribution < 1.29 is 4.74 Å². The lowest BCUT2D eigenvalue weighted by molar-refractivity contribution is 0.295. The molecule has 0 amide bonds. The molecule has 0 unspecified atom stereocenters. The first-order valence-electron chi connectivity index (χ1n) is 6.45. The minimum Gasteiger partial charge on any atom is -0.471 e. The minimum atomic E-state index is 0.483. The van der Waals surface area contributed by atoms with Crippen LogP contribution in [0.25, 0.3) is 0 Å². The summed E-state index contributed by atoms with van der Waals surface area (Å²) >= 11 is 1.65. The molecule has 96 valence electrons. The predicted octanol–water partition coefficient (Wildman–Crippen LogP) is 3.47. The Labute approximate surface area is 116 Å². The first-order chi connectivity index (χ1) is 9.36. The molecule has 19 heavy (non-hydrogen) atoms. The third-order valence-corrected chi connectivity index (χ3v) is 4.17. The van der Waals surface area contributed by atoms with Crippen LogP contribution in [0.3, 0.4) is 0 Å². The van der Waals surface area contributed by atoms with E-state index in [0.29, 0.717) is 18.1 Å². The number of rotatable bonds is 3. The number of pyridine rings is 1. The minimum absolute atomic E-state index is 0.483. The molecule has 0 N–H and O–H groups in total. The van der Waals surface area contributed by atoms with Crippen molar-refractivity contribution in [2.45, 2.75) is 32.3 Å². The van der Waals surface area contributed by atoms with Crippen LogP contribution in [-0.4, -0.2) is 4.98 Å². The molecule has 1 aliphatic carbocycles. The van der Waals surface area contributed by atoms with Gasteiger partial charge in [0.1, 0.15) is 18.2 Å². The van der Waals surface area contributed by atoms with Crippen molar-refractivity contribution in [3.05, 3.63) is 45.3 Å². The molecule has 0 aromatic carbocycles. The van der Waals surface area contributed by atoms with E-state index in [1.807, 2.05) is 23.6 Å². The smallest absolute Gasteiger partial charge is 0.232 e. The monoisotopic (exact) mass is 270 g/mol. The van der Waals surface area contributed by atoms with Crippen molar-refractivity contribution >= 4 is 11.3 Å². The van der Waals surface area contributed by atoms with Crippen LogP contribution in [0, 0.1) is 11.3 Å². The van der Waals surface area contributed by atoms with Gasteiger partial charge in [0.05, 0.1) is 0 Å². The molecule has 0 saturated carbocycles. The fourth-order valence-corrected chi connectivity index (χ4v) is 2.96. The highest BCUT2D eigenvalue weighted by molar-refractivity contribution is 7.09. The normalized spacial score (nSPS) is 13.6. The van der Waals surface area contributed by atoms with E-state index in [4.69, 9.17) is 4.74 Å². The SMILES string of the molecule is N#Cc1cc2c(nc1OCc1cccs1)CCCC2. The Hall–Kier alpha value is -1.86. The Balaban J connectivity index is 1.85. The molecule has 0 bridgehead atoms. The van der Waals surface area contributed by atoms with Gasteiger partial charge in [-0.25, -0.2) is 4.98 Å². The third-order valence-electron chi connectivity index (χ3n) is 3.32. The third kappa shape index (κ3) is 2.61. The molecule has 3 nitrogen and oxygen atoms in total. The number of thiophene rings is 1. The summed E-state index contributed by atoms with van der Waals surface area (Å²) in [4.78, 5) is 5.69. The van der Waals surface area contributed by atoms with Gasteiger partial charge in [-0.05, 0) is 48.8 Å². The Morgan fingerprint density at radius 1 is 1.37 bits per heavy atom. The van der Waals surface area contributed by atoms with E-state index in [1.165, 1.54) is 18.4 Å². The van der Waals surface area contributed by atoms with Gasteiger partial charge in [-0.3, -0.25) is 0 Å². The molecule has 0 radical (unpaired) electrons. The molecule has 0 spiro atoms. The summed E-state index contributed by atoms with van der Waals surface area (Å²) in [5, 5.41) is 11.2. The molecule has 2 aromatic heterocycles. The van der Waals surface area contributed by atoms with Gasteiger partial charge in [0.25, 0.3) is 0 Å². The number of hydrogen-bond acceptors (Lipinski definition) is 4. The fraction of sp³-hybridized carbons (Fsp3) is 0.333.